The summed E-state index contributed by atoms with van der Waals surface area (Å²) < 4.78 is 10.4. The minimum Gasteiger partial charge on any atom is -0.458 e. The van der Waals surface area contributed by atoms with Gasteiger partial charge in [-0.3, -0.25) is 4.79 Å². The van der Waals surface area contributed by atoms with Gasteiger partial charge in [-0.1, -0.05) is 13.8 Å². The standard InChI is InChI=1S/C10H14O4/c1-4-6-7-5(2)10(3,9(12)13-7)14-8(6)11/h5-7H,4H2,1-3H3/t5-,6-,7-,10-/m1/s1. The Morgan fingerprint density at radius 1 is 1.43 bits per heavy atom. The van der Waals surface area contributed by atoms with Crippen molar-refractivity contribution in [1.82, 2.24) is 0 Å². The zero-order chi connectivity index (χ0) is 10.5. The highest BCUT2D eigenvalue weighted by Gasteiger charge is 2.62. The molecule has 0 aliphatic carbocycles. The second-order valence-electron chi connectivity index (χ2n) is 4.20. The summed E-state index contributed by atoms with van der Waals surface area (Å²) in [5, 5.41) is 0. The first kappa shape index (κ1) is 9.49. The van der Waals surface area contributed by atoms with Crippen LogP contribution in [0.5, 0.6) is 0 Å². The highest BCUT2D eigenvalue weighted by Crippen LogP contribution is 2.44. The average molecular weight is 198 g/mol. The van der Waals surface area contributed by atoms with Crippen molar-refractivity contribution in [2.45, 2.75) is 38.9 Å². The predicted octanol–water partition coefficient (Wildman–Crippen LogP) is 0.890. The van der Waals surface area contributed by atoms with E-state index in [0.29, 0.717) is 6.42 Å². The Balaban J connectivity index is 2.38. The Kier molecular flexibility index (Phi) is 1.84. The second-order valence-corrected chi connectivity index (χ2v) is 4.20. The molecule has 2 saturated heterocycles. The van der Waals surface area contributed by atoms with Crippen molar-refractivity contribution in [1.29, 1.82) is 0 Å². The molecule has 0 unspecified atom stereocenters. The maximum absolute atomic E-state index is 11.5. The number of rotatable bonds is 1. The third-order valence-corrected chi connectivity index (χ3v) is 3.46. The topological polar surface area (TPSA) is 52.6 Å². The van der Waals surface area contributed by atoms with Crippen LogP contribution in [0.15, 0.2) is 0 Å². The van der Waals surface area contributed by atoms with E-state index < -0.39 is 11.6 Å². The summed E-state index contributed by atoms with van der Waals surface area (Å²) in [5.74, 6) is -1.04. The van der Waals surface area contributed by atoms with Gasteiger partial charge in [0.15, 0.2) is 0 Å². The van der Waals surface area contributed by atoms with E-state index in [9.17, 15) is 9.59 Å². The lowest BCUT2D eigenvalue weighted by atomic mass is 9.80. The molecule has 4 heteroatoms. The lowest BCUT2D eigenvalue weighted by Crippen LogP contribution is -2.50. The van der Waals surface area contributed by atoms with Crippen LogP contribution in [-0.4, -0.2) is 23.6 Å². The smallest absolute Gasteiger partial charge is 0.351 e. The third-order valence-electron chi connectivity index (χ3n) is 3.46. The highest BCUT2D eigenvalue weighted by atomic mass is 16.6. The Morgan fingerprint density at radius 2 is 2.07 bits per heavy atom. The summed E-state index contributed by atoms with van der Waals surface area (Å²) in [5.41, 5.74) is -1.05. The zero-order valence-corrected chi connectivity index (χ0v) is 8.57. The average Bonchev–Trinajstić information content (AvgIpc) is 2.29. The number of fused-ring (bicyclic) bond motifs is 2. The van der Waals surface area contributed by atoms with Crippen molar-refractivity contribution in [3.05, 3.63) is 0 Å². The fourth-order valence-electron chi connectivity index (χ4n) is 2.22. The van der Waals surface area contributed by atoms with Gasteiger partial charge in [-0.25, -0.2) is 4.79 Å². The van der Waals surface area contributed by atoms with E-state index in [1.807, 2.05) is 13.8 Å². The molecule has 0 aromatic carbocycles. The highest BCUT2D eigenvalue weighted by molar-refractivity contribution is 5.89. The summed E-state index contributed by atoms with van der Waals surface area (Å²) in [6.45, 7) is 5.42. The number of carbonyl (C=O) groups excluding carboxylic acids is 2. The summed E-state index contributed by atoms with van der Waals surface area (Å²) in [4.78, 5) is 23.0. The van der Waals surface area contributed by atoms with Gasteiger partial charge in [-0.15, -0.1) is 0 Å². The quantitative estimate of drug-likeness (QED) is 0.587. The molecule has 14 heavy (non-hydrogen) atoms. The molecule has 2 heterocycles. The molecule has 0 N–H and O–H groups in total. The molecular weight excluding hydrogens is 184 g/mol. The molecule has 0 aromatic heterocycles. The second kappa shape index (κ2) is 2.72. The molecule has 0 saturated carbocycles. The van der Waals surface area contributed by atoms with Gasteiger partial charge in [0.05, 0.1) is 5.92 Å². The Labute approximate surface area is 82.6 Å². The van der Waals surface area contributed by atoms with E-state index in [1.165, 1.54) is 0 Å². The van der Waals surface area contributed by atoms with Crippen LogP contribution in [0, 0.1) is 11.8 Å². The molecule has 0 aromatic rings. The number of esters is 2. The molecule has 4 nitrogen and oxygen atoms in total. The van der Waals surface area contributed by atoms with E-state index in [-0.39, 0.29) is 23.9 Å². The lowest BCUT2D eigenvalue weighted by molar-refractivity contribution is -0.178. The molecular formula is C10H14O4. The summed E-state index contributed by atoms with van der Waals surface area (Å²) in [6, 6.07) is 0. The Morgan fingerprint density at radius 3 is 2.64 bits per heavy atom. The van der Waals surface area contributed by atoms with Crippen molar-refractivity contribution < 1.29 is 19.1 Å². The minimum atomic E-state index is -1.05. The first-order chi connectivity index (χ1) is 6.50. The molecule has 2 aliphatic heterocycles. The van der Waals surface area contributed by atoms with E-state index in [0.717, 1.165) is 0 Å². The number of carbonyl (C=O) groups is 2. The van der Waals surface area contributed by atoms with Crippen molar-refractivity contribution in [3.8, 4) is 0 Å². The van der Waals surface area contributed by atoms with Crippen molar-refractivity contribution in [2.24, 2.45) is 11.8 Å². The fourth-order valence-corrected chi connectivity index (χ4v) is 2.22. The van der Waals surface area contributed by atoms with E-state index in [4.69, 9.17) is 9.47 Å². The van der Waals surface area contributed by atoms with Gasteiger partial charge in [0.2, 0.25) is 5.60 Å². The van der Waals surface area contributed by atoms with E-state index in [1.54, 1.807) is 6.92 Å². The zero-order valence-electron chi connectivity index (χ0n) is 8.57. The predicted molar refractivity (Wildman–Crippen MR) is 47.3 cm³/mol. The lowest BCUT2D eigenvalue weighted by Gasteiger charge is -2.34. The number of hydrogen-bond donors (Lipinski definition) is 0. The monoisotopic (exact) mass is 198 g/mol. The maximum Gasteiger partial charge on any atom is 0.351 e. The van der Waals surface area contributed by atoms with Crippen molar-refractivity contribution in [3.63, 3.8) is 0 Å². The molecule has 2 aliphatic rings. The molecule has 2 bridgehead atoms. The van der Waals surface area contributed by atoms with Gasteiger partial charge in [-0.05, 0) is 13.3 Å². The third kappa shape index (κ3) is 0.938. The molecule has 2 rings (SSSR count). The summed E-state index contributed by atoms with van der Waals surface area (Å²) >= 11 is 0. The van der Waals surface area contributed by atoms with Gasteiger partial charge in [0.1, 0.15) is 6.10 Å². The van der Waals surface area contributed by atoms with Crippen LogP contribution in [0.4, 0.5) is 0 Å². The van der Waals surface area contributed by atoms with Crippen molar-refractivity contribution >= 4 is 11.9 Å². The number of ether oxygens (including phenoxy) is 2. The minimum absolute atomic E-state index is 0.0438. The van der Waals surface area contributed by atoms with Crippen LogP contribution in [0.3, 0.4) is 0 Å². The van der Waals surface area contributed by atoms with E-state index in [2.05, 4.69) is 0 Å². The number of hydrogen-bond acceptors (Lipinski definition) is 4. The molecule has 0 amide bonds. The largest absolute Gasteiger partial charge is 0.458 e. The molecule has 0 spiro atoms. The van der Waals surface area contributed by atoms with Gasteiger partial charge in [-0.2, -0.15) is 0 Å². The molecule has 4 atom stereocenters. The summed E-state index contributed by atoms with van der Waals surface area (Å²) in [6.07, 6.45) is 0.357. The first-order valence-electron chi connectivity index (χ1n) is 4.94. The fraction of sp³-hybridized carbons (Fsp3) is 0.800. The van der Waals surface area contributed by atoms with Gasteiger partial charge >= 0.3 is 11.9 Å². The molecule has 78 valence electrons. The SMILES string of the molecule is CC[C@H]1C(=O)O[C@@]2(C)C(=O)O[C@@H]1[C@H]2C. The van der Waals surface area contributed by atoms with Crippen LogP contribution < -0.4 is 0 Å². The van der Waals surface area contributed by atoms with Crippen molar-refractivity contribution in [2.75, 3.05) is 0 Å². The van der Waals surface area contributed by atoms with Gasteiger partial charge < -0.3 is 9.47 Å². The van der Waals surface area contributed by atoms with Crippen LogP contribution in [0.1, 0.15) is 27.2 Å². The maximum atomic E-state index is 11.5. The normalized spacial score (nSPS) is 46.1. The van der Waals surface area contributed by atoms with E-state index >= 15 is 0 Å². The Hall–Kier alpha value is -1.06. The van der Waals surface area contributed by atoms with Crippen LogP contribution in [-0.2, 0) is 19.1 Å². The van der Waals surface area contributed by atoms with Crippen LogP contribution >= 0.6 is 0 Å². The van der Waals surface area contributed by atoms with Gasteiger partial charge in [0.25, 0.3) is 0 Å². The Bertz CT molecular complexity index is 298. The summed E-state index contributed by atoms with van der Waals surface area (Å²) in [7, 11) is 0. The van der Waals surface area contributed by atoms with Crippen LogP contribution in [0.2, 0.25) is 0 Å². The first-order valence-corrected chi connectivity index (χ1v) is 4.94. The van der Waals surface area contributed by atoms with Gasteiger partial charge in [0, 0.05) is 5.92 Å². The molecule has 2 fully saturated rings. The molecule has 0 radical (unpaired) electrons. The van der Waals surface area contributed by atoms with Crippen LogP contribution in [0.25, 0.3) is 0 Å².